The Morgan fingerprint density at radius 1 is 1.10 bits per heavy atom. The van der Waals surface area contributed by atoms with Gasteiger partial charge in [0.2, 0.25) is 5.91 Å². The Morgan fingerprint density at radius 3 is 2.25 bits per heavy atom. The molecule has 1 N–H and O–H groups in total. The van der Waals surface area contributed by atoms with Gasteiger partial charge in [0.15, 0.2) is 0 Å². The normalized spacial score (nSPS) is 21.9. The molecule has 0 atom stereocenters. The lowest BCUT2D eigenvalue weighted by Crippen LogP contribution is -2.35. The van der Waals surface area contributed by atoms with E-state index < -0.39 is 0 Å². The SMILES string of the molecule is CCOC(=O)CCNC(=O)[C@H]1CC[C@@H](C(=O)OC)CC1. The van der Waals surface area contributed by atoms with Crippen LogP contribution in [0.2, 0.25) is 0 Å². The number of carbonyl (C=O) groups is 3. The molecule has 1 fully saturated rings. The van der Waals surface area contributed by atoms with Crippen molar-refractivity contribution in [2.45, 2.75) is 39.0 Å². The fraction of sp³-hybridized carbons (Fsp3) is 0.786. The molecule has 1 amide bonds. The largest absolute Gasteiger partial charge is 0.469 e. The first kappa shape index (κ1) is 16.5. The summed E-state index contributed by atoms with van der Waals surface area (Å²) in [6.07, 6.45) is 2.93. The zero-order chi connectivity index (χ0) is 15.0. The predicted octanol–water partition coefficient (Wildman–Crippen LogP) is 1.04. The van der Waals surface area contributed by atoms with Crippen molar-refractivity contribution in [1.82, 2.24) is 5.32 Å². The van der Waals surface area contributed by atoms with Gasteiger partial charge in [-0.15, -0.1) is 0 Å². The average Bonchev–Trinajstić information content (AvgIpc) is 2.46. The molecule has 1 aliphatic carbocycles. The van der Waals surface area contributed by atoms with Gasteiger partial charge >= 0.3 is 11.9 Å². The summed E-state index contributed by atoms with van der Waals surface area (Å²) < 4.78 is 9.49. The lowest BCUT2D eigenvalue weighted by molar-refractivity contribution is -0.148. The minimum atomic E-state index is -0.304. The zero-order valence-corrected chi connectivity index (χ0v) is 12.1. The third kappa shape index (κ3) is 5.19. The first-order chi connectivity index (χ1) is 9.58. The van der Waals surface area contributed by atoms with Crippen LogP contribution in [0.4, 0.5) is 0 Å². The Balaban J connectivity index is 2.22. The number of hydrogen-bond donors (Lipinski definition) is 1. The number of rotatable bonds is 6. The maximum Gasteiger partial charge on any atom is 0.308 e. The summed E-state index contributed by atoms with van der Waals surface area (Å²) in [6.45, 7) is 2.40. The molecular weight excluding hydrogens is 262 g/mol. The predicted molar refractivity (Wildman–Crippen MR) is 71.7 cm³/mol. The Kier molecular flexibility index (Phi) is 7.04. The van der Waals surface area contributed by atoms with Crippen molar-refractivity contribution in [2.75, 3.05) is 20.3 Å². The van der Waals surface area contributed by atoms with Gasteiger partial charge in [-0.1, -0.05) is 0 Å². The van der Waals surface area contributed by atoms with E-state index in [4.69, 9.17) is 9.47 Å². The fourth-order valence-corrected chi connectivity index (χ4v) is 2.42. The summed E-state index contributed by atoms with van der Waals surface area (Å²) in [7, 11) is 1.39. The van der Waals surface area contributed by atoms with Gasteiger partial charge < -0.3 is 14.8 Å². The Labute approximate surface area is 119 Å². The molecule has 0 unspecified atom stereocenters. The molecule has 0 radical (unpaired) electrons. The standard InChI is InChI=1S/C14H23NO5/c1-3-20-12(16)8-9-15-13(17)10-4-6-11(7-5-10)14(18)19-2/h10-11H,3-9H2,1-2H3,(H,15,17)/t10-,11+. The van der Waals surface area contributed by atoms with Crippen molar-refractivity contribution in [1.29, 1.82) is 0 Å². The van der Waals surface area contributed by atoms with E-state index in [0.717, 1.165) is 0 Å². The molecule has 1 saturated carbocycles. The van der Waals surface area contributed by atoms with Crippen molar-refractivity contribution in [3.63, 3.8) is 0 Å². The van der Waals surface area contributed by atoms with Gasteiger partial charge in [-0.3, -0.25) is 14.4 Å². The zero-order valence-electron chi connectivity index (χ0n) is 12.1. The monoisotopic (exact) mass is 285 g/mol. The maximum atomic E-state index is 11.9. The molecule has 0 aromatic heterocycles. The second kappa shape index (κ2) is 8.55. The topological polar surface area (TPSA) is 81.7 Å². The highest BCUT2D eigenvalue weighted by Crippen LogP contribution is 2.29. The van der Waals surface area contributed by atoms with Crippen LogP contribution in [0.1, 0.15) is 39.0 Å². The molecule has 6 nitrogen and oxygen atoms in total. The van der Waals surface area contributed by atoms with Crippen LogP contribution in [0.3, 0.4) is 0 Å². The van der Waals surface area contributed by atoms with E-state index in [-0.39, 0.29) is 36.1 Å². The number of esters is 2. The van der Waals surface area contributed by atoms with E-state index in [1.165, 1.54) is 7.11 Å². The number of methoxy groups -OCH3 is 1. The van der Waals surface area contributed by atoms with E-state index in [0.29, 0.717) is 38.8 Å². The van der Waals surface area contributed by atoms with E-state index in [1.54, 1.807) is 6.92 Å². The summed E-state index contributed by atoms with van der Waals surface area (Å²) in [5, 5.41) is 2.74. The van der Waals surface area contributed by atoms with Crippen molar-refractivity contribution in [2.24, 2.45) is 11.8 Å². The van der Waals surface area contributed by atoms with Crippen LogP contribution in [0.25, 0.3) is 0 Å². The molecule has 1 aliphatic rings. The molecule has 6 heteroatoms. The van der Waals surface area contributed by atoms with Crippen LogP contribution >= 0.6 is 0 Å². The Bertz CT molecular complexity index is 347. The number of hydrogen-bond acceptors (Lipinski definition) is 5. The molecule has 0 saturated heterocycles. The van der Waals surface area contributed by atoms with Gasteiger partial charge in [-0.2, -0.15) is 0 Å². The third-order valence-corrected chi connectivity index (χ3v) is 3.57. The minimum absolute atomic E-state index is 0.0439. The number of carbonyl (C=O) groups excluding carboxylic acids is 3. The number of amides is 1. The summed E-state index contributed by atoms with van der Waals surface area (Å²) >= 11 is 0. The molecular formula is C14H23NO5. The van der Waals surface area contributed by atoms with E-state index in [1.807, 2.05) is 0 Å². The molecule has 0 aliphatic heterocycles. The second-order valence-corrected chi connectivity index (χ2v) is 4.92. The van der Waals surface area contributed by atoms with Gasteiger partial charge in [0, 0.05) is 12.5 Å². The Morgan fingerprint density at radius 2 is 1.70 bits per heavy atom. The van der Waals surface area contributed by atoms with Gasteiger partial charge in [-0.05, 0) is 32.6 Å². The average molecular weight is 285 g/mol. The van der Waals surface area contributed by atoms with Gasteiger partial charge in [0.05, 0.1) is 26.1 Å². The van der Waals surface area contributed by atoms with Crippen molar-refractivity contribution in [3.05, 3.63) is 0 Å². The van der Waals surface area contributed by atoms with Crippen LogP contribution < -0.4 is 5.32 Å². The molecule has 0 heterocycles. The van der Waals surface area contributed by atoms with Crippen LogP contribution in [0.15, 0.2) is 0 Å². The van der Waals surface area contributed by atoms with Gasteiger partial charge in [-0.25, -0.2) is 0 Å². The first-order valence-electron chi connectivity index (χ1n) is 7.09. The van der Waals surface area contributed by atoms with Gasteiger partial charge in [0.1, 0.15) is 0 Å². The number of ether oxygens (including phenoxy) is 2. The highest BCUT2D eigenvalue weighted by atomic mass is 16.5. The molecule has 0 aromatic rings. The minimum Gasteiger partial charge on any atom is -0.469 e. The second-order valence-electron chi connectivity index (χ2n) is 4.92. The van der Waals surface area contributed by atoms with Crippen LogP contribution in [-0.2, 0) is 23.9 Å². The van der Waals surface area contributed by atoms with Crippen molar-refractivity contribution < 1.29 is 23.9 Å². The van der Waals surface area contributed by atoms with E-state index in [9.17, 15) is 14.4 Å². The lowest BCUT2D eigenvalue weighted by atomic mass is 9.81. The molecule has 0 aromatic carbocycles. The Hall–Kier alpha value is -1.59. The maximum absolute atomic E-state index is 11.9. The van der Waals surface area contributed by atoms with Crippen molar-refractivity contribution in [3.8, 4) is 0 Å². The van der Waals surface area contributed by atoms with Crippen LogP contribution in [0, 0.1) is 11.8 Å². The first-order valence-corrected chi connectivity index (χ1v) is 7.09. The molecule has 20 heavy (non-hydrogen) atoms. The van der Waals surface area contributed by atoms with Crippen molar-refractivity contribution >= 4 is 17.8 Å². The van der Waals surface area contributed by atoms with Crippen LogP contribution in [-0.4, -0.2) is 38.1 Å². The molecule has 0 spiro atoms. The fourth-order valence-electron chi connectivity index (χ4n) is 2.42. The summed E-state index contributed by atoms with van der Waals surface area (Å²) in [5.74, 6) is -0.687. The van der Waals surface area contributed by atoms with E-state index >= 15 is 0 Å². The summed E-state index contributed by atoms with van der Waals surface area (Å²) in [4.78, 5) is 34.4. The smallest absolute Gasteiger partial charge is 0.308 e. The molecule has 0 bridgehead atoms. The lowest BCUT2D eigenvalue weighted by Gasteiger charge is -2.26. The van der Waals surface area contributed by atoms with E-state index in [2.05, 4.69) is 5.32 Å². The highest BCUT2D eigenvalue weighted by molar-refractivity contribution is 5.80. The molecule has 114 valence electrons. The molecule has 1 rings (SSSR count). The highest BCUT2D eigenvalue weighted by Gasteiger charge is 2.30. The third-order valence-electron chi connectivity index (χ3n) is 3.57. The summed E-state index contributed by atoms with van der Waals surface area (Å²) in [5.41, 5.74) is 0. The van der Waals surface area contributed by atoms with Gasteiger partial charge in [0.25, 0.3) is 0 Å². The quantitative estimate of drug-likeness (QED) is 0.737. The van der Waals surface area contributed by atoms with Crippen LogP contribution in [0.5, 0.6) is 0 Å². The summed E-state index contributed by atoms with van der Waals surface area (Å²) in [6, 6.07) is 0. The number of nitrogens with one attached hydrogen (secondary N) is 1.